The molecule has 2 atom stereocenters. The van der Waals surface area contributed by atoms with Gasteiger partial charge in [-0.25, -0.2) is 9.59 Å². The third kappa shape index (κ3) is 3.17. The van der Waals surface area contributed by atoms with Gasteiger partial charge in [-0.05, 0) is 24.0 Å². The van der Waals surface area contributed by atoms with E-state index in [9.17, 15) is 9.59 Å². The van der Waals surface area contributed by atoms with Crippen LogP contribution >= 0.6 is 0 Å². The fourth-order valence-corrected chi connectivity index (χ4v) is 2.36. The summed E-state index contributed by atoms with van der Waals surface area (Å²) in [7, 11) is 0. The second kappa shape index (κ2) is 6.23. The van der Waals surface area contributed by atoms with E-state index in [-0.39, 0.29) is 6.42 Å². The SMILES string of the molecule is C=CCC(NC(=O)NCC1Cc2ccccc21)C(=O)O. The lowest BCUT2D eigenvalue weighted by Crippen LogP contribution is -2.47. The van der Waals surface area contributed by atoms with Crippen LogP contribution in [-0.2, 0) is 11.2 Å². The molecule has 2 rings (SSSR count). The van der Waals surface area contributed by atoms with Gasteiger partial charge in [0, 0.05) is 12.5 Å². The summed E-state index contributed by atoms with van der Waals surface area (Å²) in [6.07, 6.45) is 2.63. The quantitative estimate of drug-likeness (QED) is 0.690. The minimum Gasteiger partial charge on any atom is -0.480 e. The van der Waals surface area contributed by atoms with Crippen molar-refractivity contribution in [2.45, 2.75) is 24.8 Å². The lowest BCUT2D eigenvalue weighted by molar-refractivity contribution is -0.139. The number of carboxylic acid groups (broad SMARTS) is 1. The molecular weight excluding hydrogens is 256 g/mol. The molecule has 0 heterocycles. The Morgan fingerprint density at radius 1 is 1.45 bits per heavy atom. The van der Waals surface area contributed by atoms with Crippen LogP contribution in [0.4, 0.5) is 4.79 Å². The first-order chi connectivity index (χ1) is 9.61. The molecule has 5 nitrogen and oxygen atoms in total. The largest absolute Gasteiger partial charge is 0.480 e. The number of aliphatic carboxylic acids is 1. The molecule has 0 bridgehead atoms. The van der Waals surface area contributed by atoms with Gasteiger partial charge in [0.1, 0.15) is 6.04 Å². The van der Waals surface area contributed by atoms with Gasteiger partial charge in [0.25, 0.3) is 0 Å². The van der Waals surface area contributed by atoms with E-state index in [4.69, 9.17) is 5.11 Å². The van der Waals surface area contributed by atoms with Crippen LogP contribution in [0.25, 0.3) is 0 Å². The number of hydrogen-bond acceptors (Lipinski definition) is 2. The van der Waals surface area contributed by atoms with Crippen molar-refractivity contribution in [3.8, 4) is 0 Å². The summed E-state index contributed by atoms with van der Waals surface area (Å²) in [5.74, 6) is -0.742. The zero-order valence-corrected chi connectivity index (χ0v) is 11.1. The molecule has 0 saturated heterocycles. The Bertz CT molecular complexity index is 528. The van der Waals surface area contributed by atoms with Gasteiger partial charge in [-0.1, -0.05) is 30.3 Å². The lowest BCUT2D eigenvalue weighted by Gasteiger charge is -2.30. The van der Waals surface area contributed by atoms with Crippen LogP contribution in [0.3, 0.4) is 0 Å². The van der Waals surface area contributed by atoms with Crippen LogP contribution in [-0.4, -0.2) is 29.7 Å². The molecular formula is C15H18N2O3. The van der Waals surface area contributed by atoms with Crippen LogP contribution in [0, 0.1) is 0 Å². The smallest absolute Gasteiger partial charge is 0.326 e. The van der Waals surface area contributed by atoms with Gasteiger partial charge >= 0.3 is 12.0 Å². The average molecular weight is 274 g/mol. The van der Waals surface area contributed by atoms with E-state index in [1.807, 2.05) is 12.1 Å². The molecule has 0 radical (unpaired) electrons. The predicted molar refractivity (Wildman–Crippen MR) is 75.7 cm³/mol. The summed E-state index contributed by atoms with van der Waals surface area (Å²) < 4.78 is 0. The standard InChI is InChI=1S/C15H18N2O3/c1-2-5-13(14(18)19)17-15(20)16-9-11-8-10-6-3-4-7-12(10)11/h2-4,6-7,11,13H,1,5,8-9H2,(H,18,19)(H2,16,17,20). The van der Waals surface area contributed by atoms with Crippen molar-refractivity contribution >= 4 is 12.0 Å². The molecule has 0 saturated carbocycles. The van der Waals surface area contributed by atoms with Crippen molar-refractivity contribution in [3.05, 3.63) is 48.0 Å². The monoisotopic (exact) mass is 274 g/mol. The number of carbonyl (C=O) groups is 2. The van der Waals surface area contributed by atoms with Crippen molar-refractivity contribution in [2.75, 3.05) is 6.54 Å². The van der Waals surface area contributed by atoms with Crippen molar-refractivity contribution in [1.29, 1.82) is 0 Å². The minimum absolute atomic E-state index is 0.203. The highest BCUT2D eigenvalue weighted by Gasteiger charge is 2.26. The molecule has 2 unspecified atom stereocenters. The van der Waals surface area contributed by atoms with Crippen molar-refractivity contribution in [2.24, 2.45) is 0 Å². The molecule has 2 amide bonds. The molecule has 1 aliphatic rings. The first-order valence-electron chi connectivity index (χ1n) is 6.57. The van der Waals surface area contributed by atoms with E-state index in [2.05, 4.69) is 29.3 Å². The van der Waals surface area contributed by atoms with Gasteiger partial charge in [-0.3, -0.25) is 0 Å². The molecule has 3 N–H and O–H groups in total. The van der Waals surface area contributed by atoms with E-state index >= 15 is 0 Å². The molecule has 1 aromatic rings. The maximum Gasteiger partial charge on any atom is 0.326 e. The Balaban J connectivity index is 1.79. The van der Waals surface area contributed by atoms with E-state index in [0.717, 1.165) is 6.42 Å². The van der Waals surface area contributed by atoms with E-state index in [1.54, 1.807) is 0 Å². The first kappa shape index (κ1) is 14.1. The average Bonchev–Trinajstić information content (AvgIpc) is 2.39. The third-order valence-corrected chi connectivity index (χ3v) is 3.48. The summed E-state index contributed by atoms with van der Waals surface area (Å²) in [6.45, 7) is 3.99. The summed E-state index contributed by atoms with van der Waals surface area (Å²) in [5, 5.41) is 14.1. The van der Waals surface area contributed by atoms with Gasteiger partial charge in [0.15, 0.2) is 0 Å². The summed E-state index contributed by atoms with van der Waals surface area (Å²) >= 11 is 0. The van der Waals surface area contributed by atoms with E-state index < -0.39 is 18.0 Å². The molecule has 1 aliphatic carbocycles. The Hall–Kier alpha value is -2.30. The fourth-order valence-electron chi connectivity index (χ4n) is 2.36. The molecule has 20 heavy (non-hydrogen) atoms. The van der Waals surface area contributed by atoms with Crippen molar-refractivity contribution in [1.82, 2.24) is 10.6 Å². The number of carboxylic acids is 1. The van der Waals surface area contributed by atoms with Crippen molar-refractivity contribution in [3.63, 3.8) is 0 Å². The Labute approximate surface area is 117 Å². The second-order valence-corrected chi connectivity index (χ2v) is 4.87. The number of nitrogens with one attached hydrogen (secondary N) is 2. The Morgan fingerprint density at radius 2 is 2.20 bits per heavy atom. The highest BCUT2D eigenvalue weighted by atomic mass is 16.4. The van der Waals surface area contributed by atoms with E-state index in [0.29, 0.717) is 12.5 Å². The fraction of sp³-hybridized carbons (Fsp3) is 0.333. The zero-order chi connectivity index (χ0) is 14.5. The summed E-state index contributed by atoms with van der Waals surface area (Å²) in [6, 6.07) is 6.74. The van der Waals surface area contributed by atoms with Gasteiger partial charge < -0.3 is 15.7 Å². The first-order valence-corrected chi connectivity index (χ1v) is 6.57. The summed E-state index contributed by atoms with van der Waals surface area (Å²) in [5.41, 5.74) is 2.57. The highest BCUT2D eigenvalue weighted by Crippen LogP contribution is 2.33. The van der Waals surface area contributed by atoms with E-state index in [1.165, 1.54) is 17.2 Å². The zero-order valence-electron chi connectivity index (χ0n) is 11.1. The number of benzene rings is 1. The number of amides is 2. The van der Waals surface area contributed by atoms with Gasteiger partial charge in [-0.15, -0.1) is 6.58 Å². The molecule has 106 valence electrons. The number of hydrogen-bond donors (Lipinski definition) is 3. The normalized spacial score (nSPS) is 17.3. The summed E-state index contributed by atoms with van der Waals surface area (Å²) in [4.78, 5) is 22.6. The lowest BCUT2D eigenvalue weighted by atomic mass is 9.78. The second-order valence-electron chi connectivity index (χ2n) is 4.87. The molecule has 0 aliphatic heterocycles. The molecule has 0 spiro atoms. The number of carbonyl (C=O) groups excluding carboxylic acids is 1. The van der Waals surface area contributed by atoms with Crippen LogP contribution < -0.4 is 10.6 Å². The maximum absolute atomic E-state index is 11.7. The Kier molecular flexibility index (Phi) is 4.40. The van der Waals surface area contributed by atoms with Crippen molar-refractivity contribution < 1.29 is 14.7 Å². The Morgan fingerprint density at radius 3 is 2.85 bits per heavy atom. The number of urea groups is 1. The van der Waals surface area contributed by atoms with Crippen LogP contribution in [0.15, 0.2) is 36.9 Å². The van der Waals surface area contributed by atoms with Crippen LogP contribution in [0.2, 0.25) is 0 Å². The van der Waals surface area contributed by atoms with Gasteiger partial charge in [-0.2, -0.15) is 0 Å². The number of rotatable bonds is 6. The topological polar surface area (TPSA) is 78.4 Å². The molecule has 0 fully saturated rings. The van der Waals surface area contributed by atoms with Crippen LogP contribution in [0.5, 0.6) is 0 Å². The molecule has 1 aromatic carbocycles. The van der Waals surface area contributed by atoms with Crippen LogP contribution in [0.1, 0.15) is 23.5 Å². The third-order valence-electron chi connectivity index (χ3n) is 3.48. The number of fused-ring (bicyclic) bond motifs is 1. The maximum atomic E-state index is 11.7. The van der Waals surface area contributed by atoms with Gasteiger partial charge in [0.2, 0.25) is 0 Å². The molecule has 0 aromatic heterocycles. The predicted octanol–water partition coefficient (Wildman–Crippen LogP) is 1.65. The van der Waals surface area contributed by atoms with Gasteiger partial charge in [0.05, 0.1) is 0 Å². The highest BCUT2D eigenvalue weighted by molar-refractivity contribution is 5.82. The minimum atomic E-state index is -1.06. The molecule has 5 heteroatoms.